The first-order chi connectivity index (χ1) is 13.2. The molecule has 0 fully saturated rings. The summed E-state index contributed by atoms with van der Waals surface area (Å²) in [5.41, 5.74) is 1.26. The molecular weight excluding hydrogens is 467 g/mol. The third kappa shape index (κ3) is 7.44. The average molecular weight is 500 g/mol. The first-order valence-corrected chi connectivity index (χ1v) is 9.72. The van der Waals surface area contributed by atoms with E-state index in [1.807, 2.05) is 13.0 Å². The fourth-order valence-electron chi connectivity index (χ4n) is 3.07. The Morgan fingerprint density at radius 3 is 2.36 bits per heavy atom. The molecular formula is C21H33IN4O2. The lowest BCUT2D eigenvalue weighted by molar-refractivity contribution is 0.153. The molecule has 0 spiro atoms. The topological polar surface area (TPSA) is 73.0 Å². The highest BCUT2D eigenvalue weighted by Crippen LogP contribution is 2.20. The van der Waals surface area contributed by atoms with Crippen molar-refractivity contribution in [3.05, 3.63) is 60.1 Å². The summed E-state index contributed by atoms with van der Waals surface area (Å²) in [6.07, 6.45) is 0.850. The molecule has 1 aromatic carbocycles. The molecule has 0 aliphatic rings. The molecule has 3 N–H and O–H groups in total. The van der Waals surface area contributed by atoms with Gasteiger partial charge in [-0.25, -0.2) is 0 Å². The smallest absolute Gasteiger partial charge is 0.191 e. The van der Waals surface area contributed by atoms with Crippen molar-refractivity contribution in [2.45, 2.75) is 32.9 Å². The lowest BCUT2D eigenvalue weighted by atomic mass is 10.1. The number of benzene rings is 1. The van der Waals surface area contributed by atoms with Gasteiger partial charge in [-0.2, -0.15) is 0 Å². The van der Waals surface area contributed by atoms with Crippen molar-refractivity contribution >= 4 is 29.9 Å². The van der Waals surface area contributed by atoms with Crippen LogP contribution in [0, 0.1) is 0 Å². The van der Waals surface area contributed by atoms with E-state index >= 15 is 0 Å². The lowest BCUT2D eigenvalue weighted by Crippen LogP contribution is -2.40. The normalized spacial score (nSPS) is 13.7. The van der Waals surface area contributed by atoms with Crippen molar-refractivity contribution in [2.75, 3.05) is 32.7 Å². The van der Waals surface area contributed by atoms with Gasteiger partial charge in [0.15, 0.2) is 5.96 Å². The summed E-state index contributed by atoms with van der Waals surface area (Å²) < 4.78 is 5.25. The molecule has 28 heavy (non-hydrogen) atoms. The van der Waals surface area contributed by atoms with Gasteiger partial charge in [0.05, 0.1) is 25.4 Å². The number of halogens is 1. The Hall–Kier alpha value is -1.58. The zero-order valence-electron chi connectivity index (χ0n) is 17.0. The molecule has 0 aliphatic heterocycles. The van der Waals surface area contributed by atoms with E-state index in [1.54, 1.807) is 18.4 Å². The van der Waals surface area contributed by atoms with Crippen LogP contribution in [0.2, 0.25) is 0 Å². The molecule has 2 atom stereocenters. The van der Waals surface area contributed by atoms with E-state index in [1.165, 1.54) is 5.56 Å². The number of aliphatic hydroxyl groups is 1. The zero-order chi connectivity index (χ0) is 19.5. The van der Waals surface area contributed by atoms with Crippen molar-refractivity contribution in [1.82, 2.24) is 15.5 Å². The van der Waals surface area contributed by atoms with Crippen molar-refractivity contribution in [3.63, 3.8) is 0 Å². The van der Waals surface area contributed by atoms with Gasteiger partial charge in [-0.3, -0.25) is 9.89 Å². The summed E-state index contributed by atoms with van der Waals surface area (Å²) in [5.74, 6) is 1.24. The number of nitrogens with one attached hydrogen (secondary N) is 2. The van der Waals surface area contributed by atoms with Crippen LogP contribution in [0.15, 0.2) is 58.1 Å². The number of likely N-dealkylation sites (N-methyl/N-ethyl adjacent to an activating group) is 1. The Morgan fingerprint density at radius 2 is 1.79 bits per heavy atom. The van der Waals surface area contributed by atoms with Crippen LogP contribution >= 0.6 is 24.0 Å². The largest absolute Gasteiger partial charge is 0.467 e. The molecule has 1 heterocycles. The second-order valence-corrected chi connectivity index (χ2v) is 6.28. The second-order valence-electron chi connectivity index (χ2n) is 6.28. The maximum Gasteiger partial charge on any atom is 0.191 e. The van der Waals surface area contributed by atoms with E-state index in [9.17, 15) is 5.11 Å². The first kappa shape index (κ1) is 24.5. The third-order valence-electron chi connectivity index (χ3n) is 4.54. The number of hydrogen-bond donors (Lipinski definition) is 3. The van der Waals surface area contributed by atoms with Gasteiger partial charge < -0.3 is 20.2 Å². The highest BCUT2D eigenvalue weighted by Gasteiger charge is 2.18. The summed E-state index contributed by atoms with van der Waals surface area (Å²) >= 11 is 0. The molecule has 2 unspecified atom stereocenters. The molecule has 2 rings (SSSR count). The Kier molecular flexibility index (Phi) is 11.9. The van der Waals surface area contributed by atoms with Gasteiger partial charge >= 0.3 is 0 Å². The minimum Gasteiger partial charge on any atom is -0.467 e. The number of aliphatic hydroxyl groups excluding tert-OH is 1. The number of nitrogens with zero attached hydrogens (tertiary/aromatic N) is 2. The fraction of sp³-hybridized carbons (Fsp3) is 0.476. The van der Waals surface area contributed by atoms with Gasteiger partial charge in [0, 0.05) is 6.54 Å². The standard InChI is InChI=1S/C21H32N4O2.HI/c1-4-22-21(24-16-19(26)20-13-10-14-27-20)23-15-18(25(5-2)6-3)17-11-8-7-9-12-17;/h7-14,18-19,26H,4-6,15-16H2,1-3H3,(H2,22,23,24);1H. The van der Waals surface area contributed by atoms with E-state index in [0.29, 0.717) is 24.8 Å². The molecule has 0 amide bonds. The fourth-order valence-corrected chi connectivity index (χ4v) is 3.07. The monoisotopic (exact) mass is 500 g/mol. The molecule has 156 valence electrons. The Morgan fingerprint density at radius 1 is 1.07 bits per heavy atom. The quantitative estimate of drug-likeness (QED) is 0.264. The van der Waals surface area contributed by atoms with Crippen LogP contribution < -0.4 is 10.6 Å². The van der Waals surface area contributed by atoms with Gasteiger partial charge in [0.25, 0.3) is 0 Å². The lowest BCUT2D eigenvalue weighted by Gasteiger charge is -2.29. The molecule has 0 radical (unpaired) electrons. The predicted molar refractivity (Wildman–Crippen MR) is 125 cm³/mol. The van der Waals surface area contributed by atoms with Crippen LogP contribution in [0.5, 0.6) is 0 Å². The van der Waals surface area contributed by atoms with Gasteiger partial charge in [-0.1, -0.05) is 44.2 Å². The molecule has 0 saturated carbocycles. The molecule has 0 saturated heterocycles. The highest BCUT2D eigenvalue weighted by atomic mass is 127. The van der Waals surface area contributed by atoms with E-state index in [-0.39, 0.29) is 30.0 Å². The number of hydrogen-bond acceptors (Lipinski definition) is 4. The number of guanidine groups is 1. The number of furan rings is 1. The van der Waals surface area contributed by atoms with Gasteiger partial charge in [0.1, 0.15) is 11.9 Å². The highest BCUT2D eigenvalue weighted by molar-refractivity contribution is 14.0. The average Bonchev–Trinajstić information content (AvgIpc) is 3.24. The Bertz CT molecular complexity index is 660. The van der Waals surface area contributed by atoms with Crippen LogP contribution in [-0.2, 0) is 0 Å². The van der Waals surface area contributed by atoms with Crippen molar-refractivity contribution < 1.29 is 9.52 Å². The van der Waals surface area contributed by atoms with Gasteiger partial charge in [0.2, 0.25) is 0 Å². The van der Waals surface area contributed by atoms with Crippen LogP contribution in [0.1, 0.15) is 44.2 Å². The van der Waals surface area contributed by atoms with Crippen molar-refractivity contribution in [3.8, 4) is 0 Å². The third-order valence-corrected chi connectivity index (χ3v) is 4.54. The van der Waals surface area contributed by atoms with E-state index < -0.39 is 6.10 Å². The summed E-state index contributed by atoms with van der Waals surface area (Å²) in [7, 11) is 0. The summed E-state index contributed by atoms with van der Waals surface area (Å²) in [5, 5.41) is 16.6. The number of rotatable bonds is 10. The Labute approximate surface area is 185 Å². The second kappa shape index (κ2) is 13.6. The molecule has 0 aliphatic carbocycles. The van der Waals surface area contributed by atoms with E-state index in [2.05, 4.69) is 53.6 Å². The minimum absolute atomic E-state index is 0. The zero-order valence-corrected chi connectivity index (χ0v) is 19.3. The van der Waals surface area contributed by atoms with E-state index in [0.717, 1.165) is 19.6 Å². The molecule has 0 bridgehead atoms. The SMILES string of the molecule is CCNC(=NCC(c1ccccc1)N(CC)CC)NCC(O)c1ccco1.I. The number of aliphatic imine (C=N–C) groups is 1. The molecule has 6 nitrogen and oxygen atoms in total. The van der Waals surface area contributed by atoms with Crippen LogP contribution in [0.25, 0.3) is 0 Å². The Balaban J connectivity index is 0.00000392. The summed E-state index contributed by atoms with van der Waals surface area (Å²) in [4.78, 5) is 7.17. The van der Waals surface area contributed by atoms with Gasteiger partial charge in [-0.05, 0) is 37.7 Å². The van der Waals surface area contributed by atoms with E-state index in [4.69, 9.17) is 9.41 Å². The van der Waals surface area contributed by atoms with Crippen molar-refractivity contribution in [1.29, 1.82) is 0 Å². The van der Waals surface area contributed by atoms with Crippen LogP contribution in [0.4, 0.5) is 0 Å². The van der Waals surface area contributed by atoms with Gasteiger partial charge in [-0.15, -0.1) is 24.0 Å². The molecule has 7 heteroatoms. The van der Waals surface area contributed by atoms with Crippen molar-refractivity contribution in [2.24, 2.45) is 4.99 Å². The summed E-state index contributed by atoms with van der Waals surface area (Å²) in [6, 6.07) is 14.2. The maximum atomic E-state index is 10.2. The predicted octanol–water partition coefficient (Wildman–Crippen LogP) is 3.57. The van der Waals surface area contributed by atoms with Crippen LogP contribution in [-0.4, -0.2) is 48.7 Å². The minimum atomic E-state index is -0.712. The van der Waals surface area contributed by atoms with Crippen LogP contribution in [0.3, 0.4) is 0 Å². The molecule has 2 aromatic rings. The maximum absolute atomic E-state index is 10.2. The summed E-state index contributed by atoms with van der Waals surface area (Å²) in [6.45, 7) is 10.0. The first-order valence-electron chi connectivity index (χ1n) is 9.72. The molecule has 1 aromatic heterocycles.